The molecule has 1 aromatic heterocycles. The molecule has 0 saturated heterocycles. The average Bonchev–Trinajstić information content (AvgIpc) is 3.10. The maximum atomic E-state index is 6.07. The molecule has 0 bridgehead atoms. The molecule has 0 unspecified atom stereocenters. The number of hydrogen-bond acceptors (Lipinski definition) is 6. The third kappa shape index (κ3) is 7.76. The zero-order chi connectivity index (χ0) is 32.9. The lowest BCUT2D eigenvalue weighted by atomic mass is 10.1. The Labute approximate surface area is 293 Å². The van der Waals surface area contributed by atoms with Gasteiger partial charge in [-0.05, 0) is 106 Å². The Balaban J connectivity index is 1.14. The Morgan fingerprint density at radius 3 is 0.667 bits per heavy atom. The van der Waals surface area contributed by atoms with Gasteiger partial charge in [0.15, 0.2) is 0 Å². The molecular formula is C39H27Cl3N6. The number of nitrogens with zero attached hydrogens (tertiary/aromatic N) is 3. The van der Waals surface area contributed by atoms with Crippen molar-refractivity contribution in [2.75, 3.05) is 16.0 Å². The van der Waals surface area contributed by atoms with E-state index in [9.17, 15) is 0 Å². The molecule has 3 N–H and O–H groups in total. The zero-order valence-corrected chi connectivity index (χ0v) is 27.6. The van der Waals surface area contributed by atoms with Crippen LogP contribution in [-0.4, -0.2) is 15.0 Å². The summed E-state index contributed by atoms with van der Waals surface area (Å²) in [6.45, 7) is 0. The molecular weight excluding hydrogens is 659 g/mol. The molecule has 0 aliphatic carbocycles. The van der Waals surface area contributed by atoms with E-state index in [1.54, 1.807) is 0 Å². The van der Waals surface area contributed by atoms with E-state index < -0.39 is 0 Å². The van der Waals surface area contributed by atoms with Crippen molar-refractivity contribution in [2.24, 2.45) is 0 Å². The van der Waals surface area contributed by atoms with Gasteiger partial charge < -0.3 is 16.0 Å². The lowest BCUT2D eigenvalue weighted by Gasteiger charge is -2.13. The molecule has 0 aliphatic rings. The fourth-order valence-electron chi connectivity index (χ4n) is 5.10. The van der Waals surface area contributed by atoms with Crippen molar-refractivity contribution < 1.29 is 0 Å². The second kappa shape index (κ2) is 14.2. The molecule has 0 radical (unpaired) electrons. The summed E-state index contributed by atoms with van der Waals surface area (Å²) in [4.78, 5) is 14.0. The van der Waals surface area contributed by atoms with E-state index in [0.29, 0.717) is 32.9 Å². The first-order valence-electron chi connectivity index (χ1n) is 15.1. The highest BCUT2D eigenvalue weighted by atomic mass is 35.5. The maximum absolute atomic E-state index is 6.07. The van der Waals surface area contributed by atoms with Crippen LogP contribution in [0.25, 0.3) is 33.4 Å². The largest absolute Gasteiger partial charge is 0.324 e. The van der Waals surface area contributed by atoms with Crippen LogP contribution >= 0.6 is 34.8 Å². The number of benzene rings is 6. The first kappa shape index (κ1) is 31.2. The molecule has 48 heavy (non-hydrogen) atoms. The van der Waals surface area contributed by atoms with Gasteiger partial charge in [-0.1, -0.05) is 108 Å². The van der Waals surface area contributed by atoms with E-state index in [-0.39, 0.29) is 0 Å². The highest BCUT2D eigenvalue weighted by Gasteiger charge is 2.10. The lowest BCUT2D eigenvalue weighted by Crippen LogP contribution is -2.07. The van der Waals surface area contributed by atoms with Crippen LogP contribution in [0.4, 0.5) is 34.9 Å². The predicted molar refractivity (Wildman–Crippen MR) is 200 cm³/mol. The Kier molecular flexibility index (Phi) is 9.20. The SMILES string of the molecule is Clc1ccc(-c2ccc(Nc3nc(Nc4ccc(-c5ccc(Cl)cc5)cc4)nc(Nc4ccc(-c5ccc(Cl)cc5)cc4)n3)cc2)cc1. The Morgan fingerprint density at radius 1 is 0.271 bits per heavy atom. The van der Waals surface area contributed by atoms with Gasteiger partial charge >= 0.3 is 0 Å². The van der Waals surface area contributed by atoms with Gasteiger partial charge in [-0.25, -0.2) is 0 Å². The lowest BCUT2D eigenvalue weighted by molar-refractivity contribution is 1.06. The molecule has 0 amide bonds. The first-order valence-corrected chi connectivity index (χ1v) is 16.2. The van der Waals surface area contributed by atoms with Crippen molar-refractivity contribution in [1.82, 2.24) is 15.0 Å². The summed E-state index contributed by atoms with van der Waals surface area (Å²) in [7, 11) is 0. The molecule has 9 heteroatoms. The number of hydrogen-bond donors (Lipinski definition) is 3. The van der Waals surface area contributed by atoms with E-state index >= 15 is 0 Å². The van der Waals surface area contributed by atoms with Gasteiger partial charge in [0.25, 0.3) is 0 Å². The molecule has 0 spiro atoms. The van der Waals surface area contributed by atoms with Crippen LogP contribution in [0.3, 0.4) is 0 Å². The molecule has 6 aromatic carbocycles. The van der Waals surface area contributed by atoms with Gasteiger partial charge in [-0.2, -0.15) is 15.0 Å². The van der Waals surface area contributed by atoms with Gasteiger partial charge in [0.2, 0.25) is 17.8 Å². The molecule has 1 heterocycles. The number of aromatic nitrogens is 3. The topological polar surface area (TPSA) is 74.8 Å². The highest BCUT2D eigenvalue weighted by Crippen LogP contribution is 2.28. The van der Waals surface area contributed by atoms with Crippen LogP contribution in [0.15, 0.2) is 146 Å². The predicted octanol–water partition coefficient (Wildman–Crippen LogP) is 12.1. The second-order valence-corrected chi connectivity index (χ2v) is 12.2. The number of rotatable bonds is 9. The van der Waals surface area contributed by atoms with Crippen molar-refractivity contribution in [2.45, 2.75) is 0 Å². The van der Waals surface area contributed by atoms with E-state index in [0.717, 1.165) is 50.4 Å². The summed E-state index contributed by atoms with van der Waals surface area (Å²) in [5, 5.41) is 12.1. The fourth-order valence-corrected chi connectivity index (χ4v) is 5.47. The normalized spacial score (nSPS) is 10.8. The van der Waals surface area contributed by atoms with Crippen molar-refractivity contribution in [3.63, 3.8) is 0 Å². The summed E-state index contributed by atoms with van der Waals surface area (Å²) < 4.78 is 0. The van der Waals surface area contributed by atoms with E-state index in [2.05, 4.69) is 30.9 Å². The zero-order valence-electron chi connectivity index (χ0n) is 25.3. The maximum Gasteiger partial charge on any atom is 0.233 e. The molecule has 7 aromatic rings. The van der Waals surface area contributed by atoms with E-state index in [1.165, 1.54) is 0 Å². The Hall–Kier alpha value is -5.40. The third-order valence-corrected chi connectivity index (χ3v) is 8.35. The van der Waals surface area contributed by atoms with Gasteiger partial charge in [0, 0.05) is 32.1 Å². The summed E-state index contributed by atoms with van der Waals surface area (Å²) in [5.74, 6) is 1.14. The van der Waals surface area contributed by atoms with Crippen LogP contribution in [0, 0.1) is 0 Å². The third-order valence-electron chi connectivity index (χ3n) is 7.59. The Morgan fingerprint density at radius 2 is 0.458 bits per heavy atom. The van der Waals surface area contributed by atoms with Crippen molar-refractivity contribution >= 4 is 69.7 Å². The Bertz CT molecular complexity index is 1870. The van der Waals surface area contributed by atoms with Crippen LogP contribution in [0.2, 0.25) is 15.1 Å². The monoisotopic (exact) mass is 684 g/mol. The standard InChI is InChI=1S/C39H27Cl3N6/c40-31-13-1-25(2-14-31)28-7-19-34(20-8-28)43-37-46-38(44-35-21-9-29(10-22-35)26-3-15-32(41)16-4-26)48-39(47-37)45-36-23-11-30(12-24-36)27-5-17-33(42)18-6-27/h1-24H,(H3,43,44,45,46,47,48). The van der Waals surface area contributed by atoms with Crippen molar-refractivity contribution in [1.29, 1.82) is 0 Å². The summed E-state index contributed by atoms with van der Waals surface area (Å²) in [6, 6.07) is 47.4. The van der Waals surface area contributed by atoms with Crippen molar-refractivity contribution in [3.8, 4) is 33.4 Å². The molecule has 6 nitrogen and oxygen atoms in total. The summed E-state index contributed by atoms with van der Waals surface area (Å²) in [6.07, 6.45) is 0. The average molecular weight is 686 g/mol. The highest BCUT2D eigenvalue weighted by molar-refractivity contribution is 6.31. The van der Waals surface area contributed by atoms with Crippen LogP contribution < -0.4 is 16.0 Å². The van der Waals surface area contributed by atoms with Crippen LogP contribution in [0.1, 0.15) is 0 Å². The second-order valence-electron chi connectivity index (χ2n) is 10.9. The first-order chi connectivity index (χ1) is 23.4. The van der Waals surface area contributed by atoms with Gasteiger partial charge in [-0.15, -0.1) is 0 Å². The fraction of sp³-hybridized carbons (Fsp3) is 0. The summed E-state index contributed by atoms with van der Waals surface area (Å²) >= 11 is 18.2. The molecule has 0 saturated carbocycles. The molecule has 0 fully saturated rings. The van der Waals surface area contributed by atoms with E-state index in [4.69, 9.17) is 34.8 Å². The number of halogens is 3. The van der Waals surface area contributed by atoms with Crippen LogP contribution in [0.5, 0.6) is 0 Å². The van der Waals surface area contributed by atoms with Crippen LogP contribution in [-0.2, 0) is 0 Å². The smallest absolute Gasteiger partial charge is 0.233 e. The molecule has 234 valence electrons. The minimum absolute atomic E-state index is 0.379. The summed E-state index contributed by atoms with van der Waals surface area (Å²) in [5.41, 5.74) is 8.93. The number of anilines is 6. The van der Waals surface area contributed by atoms with E-state index in [1.807, 2.05) is 146 Å². The van der Waals surface area contributed by atoms with Crippen molar-refractivity contribution in [3.05, 3.63) is 161 Å². The van der Waals surface area contributed by atoms with Gasteiger partial charge in [0.1, 0.15) is 0 Å². The molecule has 7 rings (SSSR count). The van der Waals surface area contributed by atoms with Gasteiger partial charge in [0.05, 0.1) is 0 Å². The molecule has 0 atom stereocenters. The minimum Gasteiger partial charge on any atom is -0.324 e. The number of nitrogens with one attached hydrogen (secondary N) is 3. The quantitative estimate of drug-likeness (QED) is 0.140. The van der Waals surface area contributed by atoms with Gasteiger partial charge in [-0.3, -0.25) is 0 Å². The molecule has 0 aliphatic heterocycles. The minimum atomic E-state index is 0.379.